The van der Waals surface area contributed by atoms with Gasteiger partial charge < -0.3 is 10.2 Å². The van der Waals surface area contributed by atoms with E-state index in [4.69, 9.17) is 0 Å². The molecule has 3 amide bonds. The molecule has 2 aromatic rings. The molecule has 0 saturated carbocycles. The average Bonchev–Trinajstić information content (AvgIpc) is 3.03. The molecule has 2 heterocycles. The summed E-state index contributed by atoms with van der Waals surface area (Å²) in [5.74, 6) is -0.455. The molecule has 0 aliphatic carbocycles. The molecule has 196 valence electrons. The first kappa shape index (κ1) is 27.0. The van der Waals surface area contributed by atoms with Crippen molar-refractivity contribution in [3.8, 4) is 0 Å². The molecule has 0 radical (unpaired) electrons. The zero-order valence-corrected chi connectivity index (χ0v) is 23.9. The second-order valence-electron chi connectivity index (χ2n) is 11.3. The lowest BCUT2D eigenvalue weighted by Gasteiger charge is -2.50. The van der Waals surface area contributed by atoms with E-state index in [1.54, 1.807) is 6.08 Å². The number of nitrogens with one attached hydrogen (secondary N) is 1. The molecule has 6 nitrogen and oxygen atoms in total. The lowest BCUT2D eigenvalue weighted by atomic mass is 9.78. The Morgan fingerprint density at radius 3 is 2.49 bits per heavy atom. The van der Waals surface area contributed by atoms with E-state index in [0.29, 0.717) is 22.6 Å². The maximum atomic E-state index is 13.1. The number of imide groups is 1. The number of rotatable bonds is 5. The van der Waals surface area contributed by atoms with Crippen LogP contribution in [0, 0.1) is 20.8 Å². The molecule has 1 N–H and O–H groups in total. The average molecular weight is 520 g/mol. The molecule has 2 aliphatic rings. The molecule has 7 heteroatoms. The van der Waals surface area contributed by atoms with Crippen LogP contribution < -0.4 is 10.2 Å². The van der Waals surface area contributed by atoms with Crippen LogP contribution in [-0.4, -0.2) is 40.1 Å². The van der Waals surface area contributed by atoms with Crippen molar-refractivity contribution in [3.05, 3.63) is 63.1 Å². The summed E-state index contributed by atoms with van der Waals surface area (Å²) in [5, 5.41) is 2.39. The third-order valence-corrected chi connectivity index (χ3v) is 8.21. The summed E-state index contributed by atoms with van der Waals surface area (Å²) in [7, 11) is 0. The number of thioether (sulfide) groups is 1. The number of carbonyl (C=O) groups is 3. The summed E-state index contributed by atoms with van der Waals surface area (Å²) in [5.41, 5.74) is 7.23. The fraction of sp³-hybridized carbons (Fsp3) is 0.433. The minimum Gasteiger partial charge on any atom is -0.364 e. The van der Waals surface area contributed by atoms with Gasteiger partial charge in [0.05, 0.1) is 4.91 Å². The van der Waals surface area contributed by atoms with Gasteiger partial charge in [-0.15, -0.1) is 0 Å². The van der Waals surface area contributed by atoms with E-state index in [0.717, 1.165) is 45.3 Å². The zero-order chi connectivity index (χ0) is 27.2. The van der Waals surface area contributed by atoms with Crippen molar-refractivity contribution in [1.82, 2.24) is 4.90 Å². The largest absolute Gasteiger partial charge is 0.364 e. The van der Waals surface area contributed by atoms with Crippen molar-refractivity contribution in [3.63, 3.8) is 0 Å². The van der Waals surface area contributed by atoms with Crippen molar-refractivity contribution in [2.45, 2.75) is 79.3 Å². The van der Waals surface area contributed by atoms with Gasteiger partial charge in [0.1, 0.15) is 6.54 Å². The molecule has 37 heavy (non-hydrogen) atoms. The third kappa shape index (κ3) is 5.33. The van der Waals surface area contributed by atoms with Crippen molar-refractivity contribution in [2.24, 2.45) is 0 Å². The number of carbonyl (C=O) groups excluding carboxylic acids is 3. The molecule has 1 atom stereocenters. The quantitative estimate of drug-likeness (QED) is 0.441. The molecule has 0 spiro atoms. The summed E-state index contributed by atoms with van der Waals surface area (Å²) in [6, 6.07) is 10.5. The Balaban J connectivity index is 1.57. The second-order valence-corrected chi connectivity index (χ2v) is 12.3. The Kier molecular flexibility index (Phi) is 7.30. The van der Waals surface area contributed by atoms with Crippen LogP contribution in [0.1, 0.15) is 74.8 Å². The summed E-state index contributed by atoms with van der Waals surface area (Å²) in [6.07, 6.45) is 2.83. The fourth-order valence-corrected chi connectivity index (χ4v) is 6.64. The van der Waals surface area contributed by atoms with Gasteiger partial charge in [0, 0.05) is 23.0 Å². The van der Waals surface area contributed by atoms with Gasteiger partial charge in [-0.1, -0.05) is 24.6 Å². The molecule has 1 saturated heterocycles. The highest BCUT2D eigenvalue weighted by molar-refractivity contribution is 8.18. The highest BCUT2D eigenvalue weighted by Gasteiger charge is 2.39. The van der Waals surface area contributed by atoms with Gasteiger partial charge in [-0.3, -0.25) is 19.3 Å². The monoisotopic (exact) mass is 519 g/mol. The lowest BCUT2D eigenvalue weighted by Crippen LogP contribution is -2.51. The number of fused-ring (bicyclic) bond motifs is 1. The molecule has 0 unspecified atom stereocenters. The maximum Gasteiger partial charge on any atom is 0.294 e. The Morgan fingerprint density at radius 1 is 1.14 bits per heavy atom. The van der Waals surface area contributed by atoms with Gasteiger partial charge in [0.25, 0.3) is 11.1 Å². The number of aryl methyl sites for hydroxylation is 3. The molecule has 2 aromatic carbocycles. The van der Waals surface area contributed by atoms with E-state index in [1.165, 1.54) is 11.3 Å². The van der Waals surface area contributed by atoms with E-state index in [-0.39, 0.29) is 12.1 Å². The predicted molar refractivity (Wildman–Crippen MR) is 153 cm³/mol. The van der Waals surface area contributed by atoms with E-state index < -0.39 is 17.1 Å². The minimum atomic E-state index is -0.430. The van der Waals surface area contributed by atoms with E-state index in [2.05, 4.69) is 57.0 Å². The molecule has 0 aromatic heterocycles. The van der Waals surface area contributed by atoms with Crippen LogP contribution in [0.3, 0.4) is 0 Å². The van der Waals surface area contributed by atoms with Crippen LogP contribution in [0.25, 0.3) is 6.08 Å². The number of amides is 3. The Hall–Kier alpha value is -3.06. The van der Waals surface area contributed by atoms with Crippen molar-refractivity contribution < 1.29 is 14.4 Å². The van der Waals surface area contributed by atoms with Crippen LogP contribution >= 0.6 is 11.8 Å². The smallest absolute Gasteiger partial charge is 0.294 e. The third-order valence-electron chi connectivity index (χ3n) is 7.30. The molecule has 2 aliphatic heterocycles. The normalized spacial score (nSPS) is 20.1. The lowest BCUT2D eigenvalue weighted by molar-refractivity contribution is -0.127. The topological polar surface area (TPSA) is 69.7 Å². The summed E-state index contributed by atoms with van der Waals surface area (Å²) >= 11 is 0.890. The SMILES string of the molecule is Cc1ccc(NC(=O)CN2C(=O)S/C(=C\c3cc4c(cc3C)N(C(C)C)C(C)(C)C[C@H]4C)C2=O)c(C)c1. The van der Waals surface area contributed by atoms with Gasteiger partial charge in [-0.25, -0.2) is 0 Å². The van der Waals surface area contributed by atoms with Gasteiger partial charge in [-0.05, 0) is 119 Å². The van der Waals surface area contributed by atoms with Gasteiger partial charge in [0.2, 0.25) is 5.91 Å². The molecule has 1 fully saturated rings. The van der Waals surface area contributed by atoms with Gasteiger partial charge in [-0.2, -0.15) is 0 Å². The number of hydrogen-bond acceptors (Lipinski definition) is 5. The second kappa shape index (κ2) is 10.0. The highest BCUT2D eigenvalue weighted by Crippen LogP contribution is 2.46. The first-order chi connectivity index (χ1) is 17.3. The zero-order valence-electron chi connectivity index (χ0n) is 23.1. The minimum absolute atomic E-state index is 0.0505. The highest BCUT2D eigenvalue weighted by atomic mass is 32.2. The summed E-state index contributed by atoms with van der Waals surface area (Å²) in [6.45, 7) is 16.9. The van der Waals surface area contributed by atoms with Crippen LogP contribution in [0.5, 0.6) is 0 Å². The fourth-order valence-electron chi connectivity index (χ4n) is 5.81. The predicted octanol–water partition coefficient (Wildman–Crippen LogP) is 6.79. The number of hydrogen-bond donors (Lipinski definition) is 1. The Morgan fingerprint density at radius 2 is 1.84 bits per heavy atom. The Bertz CT molecular complexity index is 1310. The summed E-state index contributed by atoms with van der Waals surface area (Å²) in [4.78, 5) is 42.3. The molecular formula is C30H37N3O3S. The van der Waals surface area contributed by atoms with Crippen molar-refractivity contribution >= 4 is 46.3 Å². The molecule has 4 rings (SSSR count). The van der Waals surface area contributed by atoms with Gasteiger partial charge >= 0.3 is 0 Å². The molecular weight excluding hydrogens is 482 g/mol. The van der Waals surface area contributed by atoms with Crippen LogP contribution in [0.2, 0.25) is 0 Å². The Labute approximate surface area is 224 Å². The van der Waals surface area contributed by atoms with Crippen LogP contribution in [0.15, 0.2) is 35.2 Å². The van der Waals surface area contributed by atoms with Crippen molar-refractivity contribution in [1.29, 1.82) is 0 Å². The van der Waals surface area contributed by atoms with E-state index in [9.17, 15) is 14.4 Å². The number of benzene rings is 2. The first-order valence-electron chi connectivity index (χ1n) is 12.8. The van der Waals surface area contributed by atoms with E-state index in [1.807, 2.05) is 39.0 Å². The summed E-state index contributed by atoms with van der Waals surface area (Å²) < 4.78 is 0. The molecule has 0 bridgehead atoms. The standard InChI is InChI=1S/C30H37N3O3S/c1-17(2)33-25-12-19(4)22(13-23(25)21(6)15-30(33,7)8)14-26-28(35)32(29(36)37-26)16-27(34)31-24-10-9-18(3)11-20(24)5/h9-14,17,21H,15-16H2,1-8H3,(H,31,34)/b26-14-/t21-/m1/s1. The van der Waals surface area contributed by atoms with Crippen LogP contribution in [0.4, 0.5) is 16.2 Å². The number of anilines is 2. The van der Waals surface area contributed by atoms with Crippen LogP contribution in [-0.2, 0) is 9.59 Å². The van der Waals surface area contributed by atoms with Crippen molar-refractivity contribution in [2.75, 3.05) is 16.8 Å². The maximum absolute atomic E-state index is 13.1. The number of nitrogens with zero attached hydrogens (tertiary/aromatic N) is 2. The van der Waals surface area contributed by atoms with E-state index >= 15 is 0 Å². The first-order valence-corrected chi connectivity index (χ1v) is 13.7. The van der Waals surface area contributed by atoms with Gasteiger partial charge in [0.15, 0.2) is 0 Å².